The topological polar surface area (TPSA) is 54.0 Å². The molecule has 1 aliphatic heterocycles. The van der Waals surface area contributed by atoms with Gasteiger partial charge in [-0.15, -0.1) is 0 Å². The lowest BCUT2D eigenvalue weighted by Crippen LogP contribution is -2.47. The Morgan fingerprint density at radius 3 is 1.44 bits per heavy atom. The van der Waals surface area contributed by atoms with E-state index in [1.807, 2.05) is 0 Å². The highest BCUT2D eigenvalue weighted by atomic mass is 15.5. The summed E-state index contributed by atoms with van der Waals surface area (Å²) in [6, 6.07) is 0. The van der Waals surface area contributed by atoms with E-state index in [9.17, 15) is 0 Å². The van der Waals surface area contributed by atoms with E-state index in [2.05, 4.69) is 27.7 Å². The van der Waals surface area contributed by atoms with Crippen LogP contribution in [0.25, 0.3) is 0 Å². The van der Waals surface area contributed by atoms with Crippen molar-refractivity contribution in [1.29, 1.82) is 0 Å². The van der Waals surface area contributed by atoms with Crippen LogP contribution in [0.3, 0.4) is 0 Å². The van der Waals surface area contributed by atoms with Crippen LogP contribution in [0.5, 0.6) is 0 Å². The van der Waals surface area contributed by atoms with Crippen molar-refractivity contribution in [2.24, 2.45) is 15.8 Å². The predicted molar refractivity (Wildman–Crippen MR) is 111 cm³/mol. The van der Waals surface area contributed by atoms with Gasteiger partial charge < -0.3 is 0 Å². The van der Waals surface area contributed by atoms with Crippen molar-refractivity contribution in [2.45, 2.75) is 123 Å². The molecule has 0 saturated heterocycles. The highest BCUT2D eigenvalue weighted by molar-refractivity contribution is 6.01. The van der Waals surface area contributed by atoms with Gasteiger partial charge in [0.2, 0.25) is 0 Å². The Hall–Kier alpha value is -0.900. The molecule has 25 heavy (non-hydrogen) atoms. The molecule has 0 spiro atoms. The summed E-state index contributed by atoms with van der Waals surface area (Å²) in [7, 11) is 0. The van der Waals surface area contributed by atoms with Gasteiger partial charge in [0.25, 0.3) is 0 Å². The number of nitrogens with zero attached hydrogens (tertiary/aromatic N) is 3. The van der Waals surface area contributed by atoms with Crippen LogP contribution in [0.1, 0.15) is 118 Å². The molecule has 146 valence electrons. The first-order chi connectivity index (χ1) is 12.0. The molecule has 0 aromatic heterocycles. The Bertz CT molecular complexity index is 376. The van der Waals surface area contributed by atoms with E-state index in [0.717, 1.165) is 24.5 Å². The molecule has 0 amide bonds. The second-order valence-corrected chi connectivity index (χ2v) is 7.96. The van der Waals surface area contributed by atoms with Crippen molar-refractivity contribution >= 4 is 11.7 Å². The number of rotatable bonds is 14. The van der Waals surface area contributed by atoms with Crippen LogP contribution in [-0.4, -0.2) is 22.3 Å². The maximum absolute atomic E-state index is 6.34. The van der Waals surface area contributed by atoms with Crippen molar-refractivity contribution < 1.29 is 0 Å². The summed E-state index contributed by atoms with van der Waals surface area (Å²) in [4.78, 5) is 9.56. The van der Waals surface area contributed by atoms with Crippen molar-refractivity contribution in [3.05, 3.63) is 0 Å². The Labute approximate surface area is 156 Å². The van der Waals surface area contributed by atoms with Crippen LogP contribution in [0.2, 0.25) is 0 Å². The zero-order valence-corrected chi connectivity index (χ0v) is 17.3. The van der Waals surface area contributed by atoms with Crippen molar-refractivity contribution in [1.82, 2.24) is 5.01 Å². The molecule has 0 atom stereocenters. The third-order valence-corrected chi connectivity index (χ3v) is 4.87. The molecule has 4 nitrogen and oxygen atoms in total. The summed E-state index contributed by atoms with van der Waals surface area (Å²) in [5.74, 6) is 8.39. The van der Waals surface area contributed by atoms with Crippen LogP contribution in [0.15, 0.2) is 9.98 Å². The van der Waals surface area contributed by atoms with E-state index in [-0.39, 0.29) is 5.66 Å². The van der Waals surface area contributed by atoms with E-state index < -0.39 is 0 Å². The van der Waals surface area contributed by atoms with Crippen LogP contribution in [0.4, 0.5) is 0 Å². The molecule has 1 aliphatic rings. The van der Waals surface area contributed by atoms with Gasteiger partial charge in [0.15, 0.2) is 0 Å². The Kier molecular flexibility index (Phi) is 11.0. The summed E-state index contributed by atoms with van der Waals surface area (Å²) in [6.07, 6.45) is 17.5. The second-order valence-electron chi connectivity index (χ2n) is 7.96. The first-order valence-electron chi connectivity index (χ1n) is 10.7. The zero-order valence-electron chi connectivity index (χ0n) is 17.3. The smallest absolute Gasteiger partial charge is 0.148 e. The predicted octanol–water partition coefficient (Wildman–Crippen LogP) is 6.21. The lowest BCUT2D eigenvalue weighted by molar-refractivity contribution is 0.470. The van der Waals surface area contributed by atoms with Gasteiger partial charge in [0, 0.05) is 12.8 Å². The van der Waals surface area contributed by atoms with Gasteiger partial charge in [0.05, 0.1) is 0 Å². The molecule has 0 fully saturated rings. The molecule has 1 rings (SSSR count). The zero-order chi connectivity index (χ0) is 18.5. The minimum atomic E-state index is -0.356. The molecule has 0 aromatic rings. The van der Waals surface area contributed by atoms with Crippen molar-refractivity contribution in [2.75, 3.05) is 0 Å². The fourth-order valence-electron chi connectivity index (χ4n) is 3.39. The van der Waals surface area contributed by atoms with Crippen LogP contribution in [0, 0.1) is 0 Å². The fourth-order valence-corrected chi connectivity index (χ4v) is 3.39. The van der Waals surface area contributed by atoms with E-state index in [1.165, 1.54) is 77.0 Å². The summed E-state index contributed by atoms with van der Waals surface area (Å²) in [5.41, 5.74) is -0.356. The van der Waals surface area contributed by atoms with E-state index in [1.54, 1.807) is 5.01 Å². The van der Waals surface area contributed by atoms with Gasteiger partial charge in [-0.25, -0.2) is 15.8 Å². The third-order valence-electron chi connectivity index (χ3n) is 4.87. The number of hydrogen-bond acceptors (Lipinski definition) is 4. The molecule has 0 radical (unpaired) electrons. The summed E-state index contributed by atoms with van der Waals surface area (Å²) in [5, 5.41) is 1.78. The molecule has 0 saturated carbocycles. The molecule has 0 aliphatic carbocycles. The molecule has 0 bridgehead atoms. The number of hydrazine groups is 1. The lowest BCUT2D eigenvalue weighted by Gasteiger charge is -2.32. The van der Waals surface area contributed by atoms with Crippen LogP contribution in [-0.2, 0) is 0 Å². The largest absolute Gasteiger partial charge is 0.253 e. The average Bonchev–Trinajstić information content (AvgIpc) is 2.57. The Morgan fingerprint density at radius 1 is 0.680 bits per heavy atom. The molecule has 4 heteroatoms. The first-order valence-corrected chi connectivity index (χ1v) is 10.7. The Balaban J connectivity index is 2.38. The van der Waals surface area contributed by atoms with Gasteiger partial charge >= 0.3 is 0 Å². The number of unbranched alkanes of at least 4 members (excludes halogenated alkanes) is 10. The molecule has 0 unspecified atom stereocenters. The monoisotopic (exact) mass is 350 g/mol. The van der Waals surface area contributed by atoms with E-state index in [0.29, 0.717) is 0 Å². The highest BCUT2D eigenvalue weighted by Crippen LogP contribution is 2.22. The molecular weight excluding hydrogens is 308 g/mol. The molecule has 1 heterocycles. The maximum Gasteiger partial charge on any atom is 0.148 e. The minimum absolute atomic E-state index is 0.356. The van der Waals surface area contributed by atoms with Crippen molar-refractivity contribution in [3.63, 3.8) is 0 Å². The number of amidine groups is 2. The normalized spacial score (nSPS) is 16.8. The van der Waals surface area contributed by atoms with Gasteiger partial charge in [-0.05, 0) is 26.7 Å². The van der Waals surface area contributed by atoms with E-state index >= 15 is 0 Å². The number of hydrogen-bond donors (Lipinski definition) is 1. The molecule has 2 N–H and O–H groups in total. The van der Waals surface area contributed by atoms with Crippen molar-refractivity contribution in [3.8, 4) is 0 Å². The summed E-state index contributed by atoms with van der Waals surface area (Å²) < 4.78 is 0. The maximum atomic E-state index is 6.34. The second kappa shape index (κ2) is 12.5. The van der Waals surface area contributed by atoms with Crippen LogP contribution >= 0.6 is 0 Å². The molecular formula is C21H42N4. The molecule has 0 aromatic carbocycles. The SMILES string of the molecule is CCCCCCCCC1=NC(C)(C)N=C(CCCCCCCC)N1N. The third kappa shape index (κ3) is 9.39. The summed E-state index contributed by atoms with van der Waals surface area (Å²) >= 11 is 0. The van der Waals surface area contributed by atoms with Gasteiger partial charge in [-0.1, -0.05) is 78.1 Å². The highest BCUT2D eigenvalue weighted by Gasteiger charge is 2.26. The van der Waals surface area contributed by atoms with E-state index in [4.69, 9.17) is 15.8 Å². The van der Waals surface area contributed by atoms with Crippen LogP contribution < -0.4 is 5.84 Å². The average molecular weight is 351 g/mol. The quantitative estimate of drug-likeness (QED) is 0.299. The lowest BCUT2D eigenvalue weighted by atomic mass is 10.1. The first kappa shape index (κ1) is 22.1. The van der Waals surface area contributed by atoms with Gasteiger partial charge in [-0.2, -0.15) is 0 Å². The Morgan fingerprint density at radius 2 is 1.04 bits per heavy atom. The van der Waals surface area contributed by atoms with Gasteiger partial charge in [-0.3, -0.25) is 5.01 Å². The number of aliphatic imine (C=N–C) groups is 2. The fraction of sp³-hybridized carbons (Fsp3) is 0.905. The number of nitrogens with two attached hydrogens (primary N) is 1. The standard InChI is InChI=1S/C21H42N4/c1-5-7-9-11-13-15-17-19-23-21(3,4)24-20(25(19)22)18-16-14-12-10-8-6-2/h5-18,22H2,1-4H3. The minimum Gasteiger partial charge on any atom is -0.253 e. The summed E-state index contributed by atoms with van der Waals surface area (Å²) in [6.45, 7) is 8.69. The van der Waals surface area contributed by atoms with Gasteiger partial charge in [0.1, 0.15) is 17.3 Å².